The summed E-state index contributed by atoms with van der Waals surface area (Å²) in [5.41, 5.74) is 0. The summed E-state index contributed by atoms with van der Waals surface area (Å²) in [6, 6.07) is 0.0905. The Hall–Kier alpha value is -0.130. The summed E-state index contributed by atoms with van der Waals surface area (Å²) in [5, 5.41) is 3.04. The molecule has 1 rings (SSSR count). The number of rotatable bonds is 8. The molecule has 18 heavy (non-hydrogen) atoms. The molecule has 1 aliphatic rings. The summed E-state index contributed by atoms with van der Waals surface area (Å²) >= 11 is 0. The Morgan fingerprint density at radius 3 is 2.56 bits per heavy atom. The summed E-state index contributed by atoms with van der Waals surface area (Å²) in [5.74, 6) is 0.249. The van der Waals surface area contributed by atoms with Gasteiger partial charge >= 0.3 is 0 Å². The van der Waals surface area contributed by atoms with Crippen molar-refractivity contribution < 1.29 is 13.2 Å². The van der Waals surface area contributed by atoms with Crippen LogP contribution in [0.15, 0.2) is 0 Å². The quantitative estimate of drug-likeness (QED) is 0.734. The van der Waals surface area contributed by atoms with Gasteiger partial charge in [0, 0.05) is 12.6 Å². The molecule has 108 valence electrons. The molecular weight excluding hydrogens is 250 g/mol. The SMILES string of the molecule is CCCNC(CCC)CS(=O)(=O)C1CCOC1C. The van der Waals surface area contributed by atoms with Crippen molar-refractivity contribution in [1.29, 1.82) is 0 Å². The molecule has 0 bridgehead atoms. The lowest BCUT2D eigenvalue weighted by atomic mass is 10.2. The molecule has 3 unspecified atom stereocenters. The molecule has 1 fully saturated rings. The van der Waals surface area contributed by atoms with Crippen molar-refractivity contribution in [1.82, 2.24) is 5.32 Å². The van der Waals surface area contributed by atoms with Gasteiger partial charge in [-0.1, -0.05) is 20.3 Å². The Kier molecular flexibility index (Phi) is 6.60. The van der Waals surface area contributed by atoms with E-state index in [2.05, 4.69) is 19.2 Å². The highest BCUT2D eigenvalue weighted by molar-refractivity contribution is 7.92. The molecule has 0 aromatic heterocycles. The molecule has 0 aliphatic carbocycles. The number of nitrogens with one attached hydrogen (secondary N) is 1. The predicted octanol–water partition coefficient (Wildman–Crippen LogP) is 1.75. The van der Waals surface area contributed by atoms with Crippen LogP contribution in [0, 0.1) is 0 Å². The minimum Gasteiger partial charge on any atom is -0.377 e. The first-order chi connectivity index (χ1) is 8.51. The third-order valence-corrected chi connectivity index (χ3v) is 5.93. The molecule has 1 saturated heterocycles. The zero-order valence-electron chi connectivity index (χ0n) is 11.8. The summed E-state index contributed by atoms with van der Waals surface area (Å²) in [7, 11) is -3.05. The van der Waals surface area contributed by atoms with E-state index in [9.17, 15) is 8.42 Å². The number of ether oxygens (including phenoxy) is 1. The minimum absolute atomic E-state index is 0.0905. The van der Waals surface area contributed by atoms with Crippen LogP contribution in [0.2, 0.25) is 0 Å². The lowest BCUT2D eigenvalue weighted by Crippen LogP contribution is -2.41. The van der Waals surface area contributed by atoms with E-state index in [1.165, 1.54) is 0 Å². The number of sulfone groups is 1. The predicted molar refractivity (Wildman–Crippen MR) is 74.6 cm³/mol. The first-order valence-electron chi connectivity index (χ1n) is 7.07. The molecule has 0 spiro atoms. The molecule has 0 aromatic rings. The van der Waals surface area contributed by atoms with Gasteiger partial charge in [-0.15, -0.1) is 0 Å². The van der Waals surface area contributed by atoms with Crippen molar-refractivity contribution in [3.8, 4) is 0 Å². The fraction of sp³-hybridized carbons (Fsp3) is 1.00. The normalized spacial score (nSPS) is 26.4. The molecule has 0 aromatic carbocycles. The Morgan fingerprint density at radius 2 is 2.06 bits per heavy atom. The summed E-state index contributed by atoms with van der Waals surface area (Å²) in [6.07, 6.45) is 3.46. The van der Waals surface area contributed by atoms with Crippen molar-refractivity contribution in [3.05, 3.63) is 0 Å². The zero-order valence-corrected chi connectivity index (χ0v) is 12.6. The topological polar surface area (TPSA) is 55.4 Å². The van der Waals surface area contributed by atoms with Crippen LogP contribution in [0.4, 0.5) is 0 Å². The zero-order chi connectivity index (χ0) is 13.6. The monoisotopic (exact) mass is 277 g/mol. The second kappa shape index (κ2) is 7.46. The van der Waals surface area contributed by atoms with E-state index in [4.69, 9.17) is 4.74 Å². The van der Waals surface area contributed by atoms with Crippen molar-refractivity contribution in [2.45, 2.75) is 63.9 Å². The lowest BCUT2D eigenvalue weighted by Gasteiger charge is -2.21. The second-order valence-corrected chi connectivity index (χ2v) is 7.44. The Labute approximate surface area is 111 Å². The van der Waals surface area contributed by atoms with Crippen molar-refractivity contribution in [2.24, 2.45) is 0 Å². The average molecular weight is 277 g/mol. The van der Waals surface area contributed by atoms with Crippen LogP contribution in [-0.4, -0.2) is 44.7 Å². The summed E-state index contributed by atoms with van der Waals surface area (Å²) in [4.78, 5) is 0. The van der Waals surface area contributed by atoms with Gasteiger partial charge in [-0.3, -0.25) is 0 Å². The van der Waals surface area contributed by atoms with Gasteiger partial charge in [-0.05, 0) is 32.7 Å². The third-order valence-electron chi connectivity index (χ3n) is 3.52. The van der Waals surface area contributed by atoms with Crippen LogP contribution in [0.25, 0.3) is 0 Å². The van der Waals surface area contributed by atoms with Crippen LogP contribution < -0.4 is 5.32 Å². The first kappa shape index (κ1) is 15.9. The van der Waals surface area contributed by atoms with E-state index >= 15 is 0 Å². The Morgan fingerprint density at radius 1 is 1.33 bits per heavy atom. The fourth-order valence-electron chi connectivity index (χ4n) is 2.53. The second-order valence-electron chi connectivity index (χ2n) is 5.17. The minimum atomic E-state index is -3.05. The van der Waals surface area contributed by atoms with E-state index in [1.807, 2.05) is 6.92 Å². The van der Waals surface area contributed by atoms with Gasteiger partial charge in [0.05, 0.1) is 17.1 Å². The van der Waals surface area contributed by atoms with Gasteiger partial charge in [0.1, 0.15) is 0 Å². The van der Waals surface area contributed by atoms with Crippen LogP contribution >= 0.6 is 0 Å². The van der Waals surface area contributed by atoms with Crippen molar-refractivity contribution >= 4 is 9.84 Å². The number of hydrogen-bond donors (Lipinski definition) is 1. The molecule has 3 atom stereocenters. The lowest BCUT2D eigenvalue weighted by molar-refractivity contribution is 0.126. The highest BCUT2D eigenvalue weighted by Crippen LogP contribution is 2.22. The molecule has 4 nitrogen and oxygen atoms in total. The van der Waals surface area contributed by atoms with E-state index in [0.717, 1.165) is 25.8 Å². The van der Waals surface area contributed by atoms with Gasteiger partial charge in [0.25, 0.3) is 0 Å². The fourth-order valence-corrected chi connectivity index (χ4v) is 4.74. The van der Waals surface area contributed by atoms with Gasteiger partial charge in [0.15, 0.2) is 9.84 Å². The molecule has 1 aliphatic heterocycles. The van der Waals surface area contributed by atoms with Gasteiger partial charge < -0.3 is 10.1 Å². The molecule has 0 amide bonds. The van der Waals surface area contributed by atoms with E-state index < -0.39 is 9.84 Å². The maximum absolute atomic E-state index is 12.4. The molecule has 1 N–H and O–H groups in total. The summed E-state index contributed by atoms with van der Waals surface area (Å²) < 4.78 is 30.1. The van der Waals surface area contributed by atoms with E-state index in [-0.39, 0.29) is 23.1 Å². The van der Waals surface area contributed by atoms with Crippen LogP contribution in [0.3, 0.4) is 0 Å². The van der Waals surface area contributed by atoms with Gasteiger partial charge in [-0.25, -0.2) is 8.42 Å². The standard InChI is InChI=1S/C13H27NO3S/c1-4-6-12(14-8-5-2)10-18(15,16)13-7-9-17-11(13)3/h11-14H,4-10H2,1-3H3. The largest absolute Gasteiger partial charge is 0.377 e. The summed E-state index contributed by atoms with van der Waals surface area (Å²) in [6.45, 7) is 7.51. The highest BCUT2D eigenvalue weighted by atomic mass is 32.2. The van der Waals surface area contributed by atoms with E-state index in [1.54, 1.807) is 0 Å². The van der Waals surface area contributed by atoms with E-state index in [0.29, 0.717) is 13.0 Å². The van der Waals surface area contributed by atoms with Crippen LogP contribution in [-0.2, 0) is 14.6 Å². The molecule has 0 saturated carbocycles. The van der Waals surface area contributed by atoms with Crippen LogP contribution in [0.5, 0.6) is 0 Å². The molecule has 0 radical (unpaired) electrons. The Bertz CT molecular complexity index is 329. The highest BCUT2D eigenvalue weighted by Gasteiger charge is 2.36. The molecule has 1 heterocycles. The Balaban J connectivity index is 2.60. The molecule has 5 heteroatoms. The molecular formula is C13H27NO3S. The average Bonchev–Trinajstić information content (AvgIpc) is 2.73. The van der Waals surface area contributed by atoms with Gasteiger partial charge in [-0.2, -0.15) is 0 Å². The first-order valence-corrected chi connectivity index (χ1v) is 8.79. The van der Waals surface area contributed by atoms with Gasteiger partial charge in [0.2, 0.25) is 0 Å². The maximum Gasteiger partial charge on any atom is 0.157 e. The maximum atomic E-state index is 12.4. The van der Waals surface area contributed by atoms with Crippen molar-refractivity contribution in [3.63, 3.8) is 0 Å². The number of hydrogen-bond acceptors (Lipinski definition) is 4. The smallest absolute Gasteiger partial charge is 0.157 e. The van der Waals surface area contributed by atoms with Crippen molar-refractivity contribution in [2.75, 3.05) is 18.9 Å². The third kappa shape index (κ3) is 4.52. The van der Waals surface area contributed by atoms with Crippen LogP contribution in [0.1, 0.15) is 46.5 Å².